The van der Waals surface area contributed by atoms with E-state index in [0.717, 1.165) is 0 Å². The van der Waals surface area contributed by atoms with Crippen LogP contribution in [0.2, 0.25) is 0 Å². The number of nitrogens with zero attached hydrogens (tertiary/aromatic N) is 2. The monoisotopic (exact) mass is 292 g/mol. The van der Waals surface area contributed by atoms with Crippen molar-refractivity contribution in [2.24, 2.45) is 10.2 Å². The molecule has 0 unspecified atom stereocenters. The molecule has 3 aromatic carbocycles. The zero-order valence-electron chi connectivity index (χ0n) is 11.9. The lowest BCUT2D eigenvalue weighted by Gasteiger charge is -1.97. The maximum Gasteiger partial charge on any atom is 0.143 e. The van der Waals surface area contributed by atoms with Gasteiger partial charge in [0.1, 0.15) is 22.9 Å². The molecule has 3 rings (SSSR count). The van der Waals surface area contributed by atoms with Crippen LogP contribution in [-0.2, 0) is 0 Å². The van der Waals surface area contributed by atoms with Crippen molar-refractivity contribution in [1.29, 1.82) is 0 Å². The molecule has 0 aliphatic rings. The number of hydrogen-bond donors (Lipinski definition) is 2. The van der Waals surface area contributed by atoms with Gasteiger partial charge in [0, 0.05) is 0 Å². The molecule has 0 saturated heterocycles. The van der Waals surface area contributed by atoms with Crippen LogP contribution in [0.5, 0.6) is 11.5 Å². The highest BCUT2D eigenvalue weighted by Crippen LogP contribution is 2.30. The van der Waals surface area contributed by atoms with Gasteiger partial charge in [-0.25, -0.2) is 0 Å². The fraction of sp³-hybridized carbons (Fsp3) is 0. The summed E-state index contributed by atoms with van der Waals surface area (Å²) in [6, 6.07) is 25.2. The molecule has 0 atom stereocenters. The zero-order chi connectivity index (χ0) is 15.6. The highest BCUT2D eigenvalue weighted by Gasteiger charge is 1.99. The first-order valence-electron chi connectivity index (χ1n) is 6.75. The lowest BCUT2D eigenvalue weighted by atomic mass is 10.3. The van der Waals surface area contributed by atoms with E-state index >= 15 is 0 Å². The van der Waals surface area contributed by atoms with Crippen LogP contribution in [0.4, 0.5) is 11.4 Å². The molecule has 0 amide bonds. The predicted molar refractivity (Wildman–Crippen MR) is 86.8 cm³/mol. The van der Waals surface area contributed by atoms with Crippen molar-refractivity contribution in [2.75, 3.05) is 0 Å². The zero-order valence-corrected chi connectivity index (χ0v) is 11.9. The van der Waals surface area contributed by atoms with Gasteiger partial charge < -0.3 is 10.2 Å². The molecule has 0 aromatic heterocycles. The number of para-hydroxylation sites is 2. The SMILES string of the molecule is Oc1ccccc1N=Nc1ccccc1O.c1ccccc1. The molecule has 110 valence electrons. The van der Waals surface area contributed by atoms with Crippen LogP contribution in [0, 0.1) is 0 Å². The van der Waals surface area contributed by atoms with Crippen molar-refractivity contribution in [2.45, 2.75) is 0 Å². The maximum atomic E-state index is 9.44. The fourth-order valence-electron chi connectivity index (χ4n) is 1.59. The van der Waals surface area contributed by atoms with Gasteiger partial charge in [-0.15, -0.1) is 10.2 Å². The molecule has 0 radical (unpaired) electrons. The van der Waals surface area contributed by atoms with Crippen LogP contribution in [-0.4, -0.2) is 10.2 Å². The highest BCUT2D eigenvalue weighted by atomic mass is 16.3. The van der Waals surface area contributed by atoms with Gasteiger partial charge in [-0.1, -0.05) is 60.7 Å². The minimum absolute atomic E-state index is 0.0571. The lowest BCUT2D eigenvalue weighted by molar-refractivity contribution is 0.474. The molecule has 4 nitrogen and oxygen atoms in total. The van der Waals surface area contributed by atoms with E-state index in [2.05, 4.69) is 10.2 Å². The van der Waals surface area contributed by atoms with Crippen molar-refractivity contribution >= 4 is 11.4 Å². The first-order valence-corrected chi connectivity index (χ1v) is 6.75. The third-order valence-corrected chi connectivity index (χ3v) is 2.70. The number of hydrogen-bond acceptors (Lipinski definition) is 4. The number of benzene rings is 3. The topological polar surface area (TPSA) is 65.2 Å². The summed E-state index contributed by atoms with van der Waals surface area (Å²) in [7, 11) is 0. The Morgan fingerprint density at radius 1 is 0.455 bits per heavy atom. The number of rotatable bonds is 2. The molecule has 3 aromatic rings. The summed E-state index contributed by atoms with van der Waals surface area (Å²) in [5.74, 6) is 0.114. The molecule has 0 fully saturated rings. The second kappa shape index (κ2) is 8.21. The Morgan fingerprint density at radius 2 is 0.773 bits per heavy atom. The van der Waals surface area contributed by atoms with Gasteiger partial charge in [0.25, 0.3) is 0 Å². The second-order valence-corrected chi connectivity index (χ2v) is 4.33. The lowest BCUT2D eigenvalue weighted by Crippen LogP contribution is -1.68. The summed E-state index contributed by atoms with van der Waals surface area (Å²) in [5, 5.41) is 26.6. The molecule has 0 aliphatic carbocycles. The van der Waals surface area contributed by atoms with Crippen molar-refractivity contribution in [3.05, 3.63) is 84.9 Å². The van der Waals surface area contributed by atoms with Gasteiger partial charge in [0.05, 0.1) is 0 Å². The normalized spacial score (nSPS) is 10.0. The summed E-state index contributed by atoms with van der Waals surface area (Å²) in [6.07, 6.45) is 0. The Kier molecular flexibility index (Phi) is 5.70. The Morgan fingerprint density at radius 3 is 1.09 bits per heavy atom. The Hall–Kier alpha value is -3.14. The fourth-order valence-corrected chi connectivity index (χ4v) is 1.59. The van der Waals surface area contributed by atoms with Crippen LogP contribution in [0.1, 0.15) is 0 Å². The van der Waals surface area contributed by atoms with E-state index in [1.807, 2.05) is 36.4 Å². The van der Waals surface area contributed by atoms with E-state index in [9.17, 15) is 10.2 Å². The number of phenols is 2. The maximum absolute atomic E-state index is 9.44. The summed E-state index contributed by atoms with van der Waals surface area (Å²) in [5.41, 5.74) is 0.733. The summed E-state index contributed by atoms with van der Waals surface area (Å²) in [6.45, 7) is 0. The van der Waals surface area contributed by atoms with Crippen LogP contribution in [0.15, 0.2) is 95.2 Å². The van der Waals surface area contributed by atoms with E-state index in [1.54, 1.807) is 36.4 Å². The van der Waals surface area contributed by atoms with E-state index < -0.39 is 0 Å². The first kappa shape index (κ1) is 15.3. The van der Waals surface area contributed by atoms with Gasteiger partial charge >= 0.3 is 0 Å². The number of aromatic hydroxyl groups is 2. The minimum atomic E-state index is 0.0571. The molecule has 0 bridgehead atoms. The second-order valence-electron chi connectivity index (χ2n) is 4.33. The third kappa shape index (κ3) is 4.76. The van der Waals surface area contributed by atoms with Gasteiger partial charge in [0.15, 0.2) is 0 Å². The average molecular weight is 292 g/mol. The van der Waals surface area contributed by atoms with Crippen LogP contribution in [0.3, 0.4) is 0 Å². The van der Waals surface area contributed by atoms with Crippen molar-refractivity contribution in [3.63, 3.8) is 0 Å². The van der Waals surface area contributed by atoms with Gasteiger partial charge in [-0.3, -0.25) is 0 Å². The van der Waals surface area contributed by atoms with E-state index in [1.165, 1.54) is 12.1 Å². The van der Waals surface area contributed by atoms with Crippen molar-refractivity contribution < 1.29 is 10.2 Å². The van der Waals surface area contributed by atoms with Crippen molar-refractivity contribution in [3.8, 4) is 11.5 Å². The summed E-state index contributed by atoms with van der Waals surface area (Å²) >= 11 is 0. The van der Waals surface area contributed by atoms with Crippen LogP contribution >= 0.6 is 0 Å². The predicted octanol–water partition coefficient (Wildman–Crippen LogP) is 5.20. The molecule has 4 heteroatoms. The molecule has 0 spiro atoms. The average Bonchev–Trinajstić information content (AvgIpc) is 2.58. The van der Waals surface area contributed by atoms with Gasteiger partial charge in [-0.2, -0.15) is 0 Å². The summed E-state index contributed by atoms with van der Waals surface area (Å²) < 4.78 is 0. The molecule has 0 aliphatic heterocycles. The molecule has 0 heterocycles. The molecule has 0 saturated carbocycles. The quantitative estimate of drug-likeness (QED) is 0.637. The standard InChI is InChI=1S/C12H10N2O2.C6H6/c15-11-7-3-1-5-9(11)13-14-10-6-2-4-8-12(10)16;1-2-4-6-5-3-1/h1-8,15-16H;1-6H. The largest absolute Gasteiger partial charge is 0.506 e. The third-order valence-electron chi connectivity index (χ3n) is 2.70. The smallest absolute Gasteiger partial charge is 0.143 e. The molecular formula is C18H16N2O2. The Bertz CT molecular complexity index is 654. The molecular weight excluding hydrogens is 276 g/mol. The first-order chi connectivity index (χ1) is 10.8. The minimum Gasteiger partial charge on any atom is -0.506 e. The van der Waals surface area contributed by atoms with Crippen LogP contribution < -0.4 is 0 Å². The Balaban J connectivity index is 0.000000246. The van der Waals surface area contributed by atoms with Gasteiger partial charge in [-0.05, 0) is 24.3 Å². The highest BCUT2D eigenvalue weighted by molar-refractivity contribution is 5.53. The summed E-state index contributed by atoms with van der Waals surface area (Å²) in [4.78, 5) is 0. The molecule has 2 N–H and O–H groups in total. The van der Waals surface area contributed by atoms with Crippen molar-refractivity contribution in [1.82, 2.24) is 0 Å². The van der Waals surface area contributed by atoms with E-state index in [4.69, 9.17) is 0 Å². The molecule has 22 heavy (non-hydrogen) atoms. The van der Waals surface area contributed by atoms with Crippen LogP contribution in [0.25, 0.3) is 0 Å². The van der Waals surface area contributed by atoms with Gasteiger partial charge in [0.2, 0.25) is 0 Å². The van der Waals surface area contributed by atoms with E-state index in [-0.39, 0.29) is 11.5 Å². The van der Waals surface area contributed by atoms with E-state index in [0.29, 0.717) is 11.4 Å². The number of phenolic OH excluding ortho intramolecular Hbond substituents is 2. The Labute approximate surface area is 129 Å². The number of azo groups is 1.